The lowest BCUT2D eigenvalue weighted by Crippen LogP contribution is -2.47. The molecule has 0 radical (unpaired) electrons. The van der Waals surface area contributed by atoms with E-state index in [4.69, 9.17) is 4.74 Å². The van der Waals surface area contributed by atoms with Crippen LogP contribution in [0.25, 0.3) is 0 Å². The number of rotatable bonds is 9. The third kappa shape index (κ3) is 4.49. The number of nitrogens with one attached hydrogen (secondary N) is 2. The highest BCUT2D eigenvalue weighted by molar-refractivity contribution is 6.08. The van der Waals surface area contributed by atoms with Crippen LogP contribution in [0, 0.1) is 0 Å². The summed E-state index contributed by atoms with van der Waals surface area (Å²) >= 11 is 0. The molecule has 2 aliphatic rings. The Morgan fingerprint density at radius 2 is 1.88 bits per heavy atom. The summed E-state index contributed by atoms with van der Waals surface area (Å²) in [5.41, 5.74) is -0.935. The van der Waals surface area contributed by atoms with Gasteiger partial charge in [-0.2, -0.15) is 0 Å². The number of urea groups is 1. The SMILES string of the molecule is CCCC1(CCC)NC(=O)N(CC(=O)O[C@H](C)C(=O)NC2CC2)C1=O. The van der Waals surface area contributed by atoms with E-state index >= 15 is 0 Å². The van der Waals surface area contributed by atoms with Gasteiger partial charge < -0.3 is 15.4 Å². The lowest BCUT2D eigenvalue weighted by molar-refractivity contribution is -0.156. The fourth-order valence-corrected chi connectivity index (χ4v) is 3.10. The summed E-state index contributed by atoms with van der Waals surface area (Å²) in [6.07, 6.45) is 3.45. The van der Waals surface area contributed by atoms with Crippen LogP contribution in [0.5, 0.6) is 0 Å². The molecule has 0 bridgehead atoms. The Hall–Kier alpha value is -2.12. The molecule has 4 amide bonds. The smallest absolute Gasteiger partial charge is 0.327 e. The molecule has 8 heteroatoms. The molecule has 0 aromatic heterocycles. The zero-order valence-corrected chi connectivity index (χ0v) is 15.1. The summed E-state index contributed by atoms with van der Waals surface area (Å²) < 4.78 is 5.06. The Labute approximate surface area is 147 Å². The number of carbonyl (C=O) groups excluding carboxylic acids is 4. The molecular weight excluding hydrogens is 326 g/mol. The van der Waals surface area contributed by atoms with Crippen molar-refractivity contribution >= 4 is 23.8 Å². The highest BCUT2D eigenvalue weighted by Crippen LogP contribution is 2.28. The molecule has 0 aromatic rings. The summed E-state index contributed by atoms with van der Waals surface area (Å²) in [7, 11) is 0. The average Bonchev–Trinajstić information content (AvgIpc) is 3.32. The van der Waals surface area contributed by atoms with E-state index in [1.165, 1.54) is 6.92 Å². The second kappa shape index (κ2) is 7.84. The topological polar surface area (TPSA) is 105 Å². The van der Waals surface area contributed by atoms with E-state index < -0.39 is 36.1 Å². The molecule has 140 valence electrons. The molecule has 0 aromatic carbocycles. The van der Waals surface area contributed by atoms with Crippen LogP contribution in [-0.4, -0.2) is 52.9 Å². The lowest BCUT2D eigenvalue weighted by Gasteiger charge is -2.25. The first-order chi connectivity index (χ1) is 11.8. The maximum Gasteiger partial charge on any atom is 0.327 e. The third-order valence-electron chi connectivity index (χ3n) is 4.49. The highest BCUT2D eigenvalue weighted by atomic mass is 16.5. The Balaban J connectivity index is 1.93. The van der Waals surface area contributed by atoms with Gasteiger partial charge in [0, 0.05) is 6.04 Å². The molecule has 1 heterocycles. The molecule has 1 saturated carbocycles. The monoisotopic (exact) mass is 353 g/mol. The number of nitrogens with zero attached hydrogens (tertiary/aromatic N) is 1. The van der Waals surface area contributed by atoms with Gasteiger partial charge in [-0.15, -0.1) is 0 Å². The van der Waals surface area contributed by atoms with E-state index in [0.29, 0.717) is 12.8 Å². The quantitative estimate of drug-likeness (QED) is 0.477. The molecule has 1 aliphatic heterocycles. The summed E-state index contributed by atoms with van der Waals surface area (Å²) in [4.78, 5) is 49.6. The van der Waals surface area contributed by atoms with Crippen molar-refractivity contribution in [1.29, 1.82) is 0 Å². The van der Waals surface area contributed by atoms with Gasteiger partial charge in [0.1, 0.15) is 12.1 Å². The summed E-state index contributed by atoms with van der Waals surface area (Å²) in [5.74, 6) is -1.53. The van der Waals surface area contributed by atoms with Crippen molar-refractivity contribution in [1.82, 2.24) is 15.5 Å². The van der Waals surface area contributed by atoms with Crippen LogP contribution in [0.2, 0.25) is 0 Å². The molecule has 2 N–H and O–H groups in total. The van der Waals surface area contributed by atoms with E-state index in [1.807, 2.05) is 13.8 Å². The second-order valence-electron chi connectivity index (χ2n) is 6.82. The second-order valence-corrected chi connectivity index (χ2v) is 6.82. The standard InChI is InChI=1S/C17H27N3O5/c1-4-8-17(9-5-2)15(23)20(16(24)19-17)10-13(21)25-11(3)14(22)18-12-6-7-12/h11-12H,4-10H2,1-3H3,(H,18,22)(H,19,24)/t11-/m1/s1. The Morgan fingerprint density at radius 3 is 2.40 bits per heavy atom. The first kappa shape index (κ1) is 19.2. The number of esters is 1. The average molecular weight is 353 g/mol. The van der Waals surface area contributed by atoms with Crippen LogP contribution >= 0.6 is 0 Å². The van der Waals surface area contributed by atoms with Crippen LogP contribution in [-0.2, 0) is 19.1 Å². The van der Waals surface area contributed by atoms with Crippen molar-refractivity contribution in [2.45, 2.75) is 77.0 Å². The molecule has 0 unspecified atom stereocenters. The molecule has 2 fully saturated rings. The molecule has 25 heavy (non-hydrogen) atoms. The van der Waals surface area contributed by atoms with Crippen molar-refractivity contribution in [3.63, 3.8) is 0 Å². The number of imide groups is 1. The van der Waals surface area contributed by atoms with Crippen LogP contribution in [0.4, 0.5) is 4.79 Å². The largest absolute Gasteiger partial charge is 0.451 e. The summed E-state index contributed by atoms with van der Waals surface area (Å²) in [6, 6.07) is -0.415. The zero-order chi connectivity index (χ0) is 18.6. The van der Waals surface area contributed by atoms with Gasteiger partial charge in [-0.3, -0.25) is 19.3 Å². The fourth-order valence-electron chi connectivity index (χ4n) is 3.10. The Bertz CT molecular complexity index is 552. The van der Waals surface area contributed by atoms with Gasteiger partial charge in [0.05, 0.1) is 0 Å². The summed E-state index contributed by atoms with van der Waals surface area (Å²) in [5, 5.41) is 5.48. The number of hydrogen-bond donors (Lipinski definition) is 2. The Morgan fingerprint density at radius 1 is 1.28 bits per heavy atom. The first-order valence-electron chi connectivity index (χ1n) is 8.97. The van der Waals surface area contributed by atoms with E-state index in [-0.39, 0.29) is 11.9 Å². The van der Waals surface area contributed by atoms with Crippen LogP contribution < -0.4 is 10.6 Å². The van der Waals surface area contributed by atoms with E-state index in [1.54, 1.807) is 0 Å². The van der Waals surface area contributed by atoms with Crippen molar-refractivity contribution in [3.8, 4) is 0 Å². The maximum absolute atomic E-state index is 12.7. The number of ether oxygens (including phenoxy) is 1. The van der Waals surface area contributed by atoms with Crippen molar-refractivity contribution in [2.24, 2.45) is 0 Å². The number of carbonyl (C=O) groups is 4. The van der Waals surface area contributed by atoms with Crippen molar-refractivity contribution in [3.05, 3.63) is 0 Å². The van der Waals surface area contributed by atoms with Gasteiger partial charge in [0.15, 0.2) is 6.10 Å². The van der Waals surface area contributed by atoms with Crippen molar-refractivity contribution < 1.29 is 23.9 Å². The fraction of sp³-hybridized carbons (Fsp3) is 0.765. The summed E-state index contributed by atoms with van der Waals surface area (Å²) in [6.45, 7) is 4.86. The van der Waals surface area contributed by atoms with Crippen LogP contribution in [0.3, 0.4) is 0 Å². The minimum absolute atomic E-state index is 0.170. The van der Waals surface area contributed by atoms with Gasteiger partial charge in [-0.25, -0.2) is 4.79 Å². The van der Waals surface area contributed by atoms with Gasteiger partial charge in [-0.1, -0.05) is 26.7 Å². The van der Waals surface area contributed by atoms with E-state index in [0.717, 1.165) is 30.6 Å². The molecule has 1 saturated heterocycles. The predicted molar refractivity (Wildman–Crippen MR) is 89.5 cm³/mol. The number of hydrogen-bond acceptors (Lipinski definition) is 5. The van der Waals surface area contributed by atoms with Crippen LogP contribution in [0.15, 0.2) is 0 Å². The molecule has 1 atom stereocenters. The molecule has 1 aliphatic carbocycles. The minimum Gasteiger partial charge on any atom is -0.451 e. The van der Waals surface area contributed by atoms with Gasteiger partial charge in [0.2, 0.25) is 0 Å². The van der Waals surface area contributed by atoms with Crippen LogP contribution in [0.1, 0.15) is 59.3 Å². The van der Waals surface area contributed by atoms with E-state index in [9.17, 15) is 19.2 Å². The van der Waals surface area contributed by atoms with Crippen molar-refractivity contribution in [2.75, 3.05) is 6.54 Å². The third-order valence-corrected chi connectivity index (χ3v) is 4.49. The lowest BCUT2D eigenvalue weighted by atomic mass is 9.88. The van der Waals surface area contributed by atoms with Gasteiger partial charge in [-0.05, 0) is 32.6 Å². The molecule has 2 rings (SSSR count). The molecular formula is C17H27N3O5. The molecule has 8 nitrogen and oxygen atoms in total. The van der Waals surface area contributed by atoms with Gasteiger partial charge >= 0.3 is 12.0 Å². The minimum atomic E-state index is -0.954. The predicted octanol–water partition coefficient (Wildman–Crippen LogP) is 1.09. The zero-order valence-electron chi connectivity index (χ0n) is 15.1. The Kier molecular flexibility index (Phi) is 6.02. The van der Waals surface area contributed by atoms with Gasteiger partial charge in [0.25, 0.3) is 11.8 Å². The first-order valence-corrected chi connectivity index (χ1v) is 8.97. The normalized spacial score (nSPS) is 20.2. The van der Waals surface area contributed by atoms with E-state index in [2.05, 4.69) is 10.6 Å². The number of amides is 4. The molecule has 0 spiro atoms. The highest BCUT2D eigenvalue weighted by Gasteiger charge is 2.50. The maximum atomic E-state index is 12.7.